The second kappa shape index (κ2) is 4.67. The zero-order valence-corrected chi connectivity index (χ0v) is 11.5. The summed E-state index contributed by atoms with van der Waals surface area (Å²) in [5, 5.41) is 6.30. The van der Waals surface area contributed by atoms with Crippen LogP contribution in [0.25, 0.3) is 0 Å². The molecule has 9 heteroatoms. The smallest absolute Gasteiger partial charge is 0.246 e. The molecule has 1 atom stereocenters. The zero-order valence-electron chi connectivity index (χ0n) is 9.86. The number of nitrogens with zero attached hydrogens (tertiary/aromatic N) is 3. The highest BCUT2D eigenvalue weighted by molar-refractivity contribution is 7.89. The fourth-order valence-corrected chi connectivity index (χ4v) is 3.52. The lowest BCUT2D eigenvalue weighted by molar-refractivity contribution is 0.566. The molecule has 0 saturated heterocycles. The van der Waals surface area contributed by atoms with Gasteiger partial charge in [0, 0.05) is 24.8 Å². The number of sulfonamides is 1. The van der Waals surface area contributed by atoms with Gasteiger partial charge in [0.05, 0.1) is 6.04 Å². The molecule has 0 aliphatic carbocycles. The zero-order chi connectivity index (χ0) is 13.3. The predicted octanol–water partition coefficient (Wildman–Crippen LogP) is 0.498. The Morgan fingerprint density at radius 1 is 1.56 bits per heavy atom. The van der Waals surface area contributed by atoms with Crippen LogP contribution in [0.4, 0.5) is 5.82 Å². The van der Waals surface area contributed by atoms with E-state index in [1.54, 1.807) is 25.5 Å². The molecule has 7 nitrogen and oxygen atoms in total. The van der Waals surface area contributed by atoms with E-state index in [4.69, 9.17) is 5.73 Å². The molecule has 0 fully saturated rings. The van der Waals surface area contributed by atoms with E-state index in [2.05, 4.69) is 14.8 Å². The third kappa shape index (κ3) is 2.52. The van der Waals surface area contributed by atoms with Crippen LogP contribution in [0.5, 0.6) is 0 Å². The van der Waals surface area contributed by atoms with Crippen LogP contribution in [0.2, 0.25) is 0 Å². The maximum absolute atomic E-state index is 12.1. The van der Waals surface area contributed by atoms with Gasteiger partial charge in [-0.25, -0.2) is 18.1 Å². The molecule has 0 spiro atoms. The molecule has 2 rings (SSSR count). The molecule has 0 bridgehead atoms. The number of aryl methyl sites for hydroxylation is 1. The second-order valence-electron chi connectivity index (χ2n) is 3.77. The first-order valence-electron chi connectivity index (χ1n) is 5.11. The van der Waals surface area contributed by atoms with Crippen molar-refractivity contribution in [2.75, 3.05) is 5.73 Å². The Balaban J connectivity index is 2.25. The number of hydrogen-bond donors (Lipinski definition) is 2. The number of anilines is 1. The van der Waals surface area contributed by atoms with Gasteiger partial charge in [-0.05, 0) is 6.92 Å². The van der Waals surface area contributed by atoms with Crippen LogP contribution in [0.15, 0.2) is 22.7 Å². The summed E-state index contributed by atoms with van der Waals surface area (Å²) in [6, 6.07) is -0.408. The van der Waals surface area contributed by atoms with E-state index in [1.165, 1.54) is 22.2 Å². The van der Waals surface area contributed by atoms with Gasteiger partial charge in [-0.15, -0.1) is 11.3 Å². The third-order valence-corrected chi connectivity index (χ3v) is 4.78. The van der Waals surface area contributed by atoms with Crippen LogP contribution in [0, 0.1) is 0 Å². The number of thiazole rings is 1. The highest BCUT2D eigenvalue weighted by atomic mass is 32.2. The van der Waals surface area contributed by atoms with Gasteiger partial charge < -0.3 is 5.73 Å². The molecular formula is C9H13N5O2S2. The molecule has 1 unspecified atom stereocenters. The number of aromatic nitrogens is 3. The van der Waals surface area contributed by atoms with Crippen molar-refractivity contribution in [3.8, 4) is 0 Å². The number of nitrogens with two attached hydrogens (primary N) is 1. The molecule has 0 radical (unpaired) electrons. The first-order valence-corrected chi connectivity index (χ1v) is 7.47. The Morgan fingerprint density at radius 2 is 2.28 bits per heavy atom. The minimum atomic E-state index is -3.69. The molecular weight excluding hydrogens is 274 g/mol. The SMILES string of the molecule is CC(NS(=O)(=O)c1cn(C)nc1N)c1nccs1. The molecule has 98 valence electrons. The monoisotopic (exact) mass is 287 g/mol. The van der Waals surface area contributed by atoms with Crippen LogP contribution in [0.3, 0.4) is 0 Å². The van der Waals surface area contributed by atoms with E-state index in [1.807, 2.05) is 0 Å². The lowest BCUT2D eigenvalue weighted by atomic mass is 10.4. The highest BCUT2D eigenvalue weighted by Crippen LogP contribution is 2.21. The quantitative estimate of drug-likeness (QED) is 0.852. The van der Waals surface area contributed by atoms with Crippen molar-refractivity contribution in [1.29, 1.82) is 0 Å². The van der Waals surface area contributed by atoms with E-state index in [9.17, 15) is 8.42 Å². The van der Waals surface area contributed by atoms with Gasteiger partial charge in [0.2, 0.25) is 10.0 Å². The molecule has 3 N–H and O–H groups in total. The van der Waals surface area contributed by atoms with Crippen molar-refractivity contribution in [2.24, 2.45) is 7.05 Å². The third-order valence-electron chi connectivity index (χ3n) is 2.27. The van der Waals surface area contributed by atoms with E-state index < -0.39 is 16.1 Å². The van der Waals surface area contributed by atoms with Gasteiger partial charge in [0.1, 0.15) is 9.90 Å². The summed E-state index contributed by atoms with van der Waals surface area (Å²) in [5.74, 6) is -0.0173. The van der Waals surface area contributed by atoms with E-state index >= 15 is 0 Å². The van der Waals surface area contributed by atoms with E-state index in [0.717, 1.165) is 0 Å². The van der Waals surface area contributed by atoms with Crippen LogP contribution in [0.1, 0.15) is 18.0 Å². The van der Waals surface area contributed by atoms with Crippen molar-refractivity contribution in [3.63, 3.8) is 0 Å². The fourth-order valence-electron chi connectivity index (χ4n) is 1.49. The summed E-state index contributed by atoms with van der Waals surface area (Å²) in [5.41, 5.74) is 5.56. The lowest BCUT2D eigenvalue weighted by Crippen LogP contribution is -2.27. The summed E-state index contributed by atoms with van der Waals surface area (Å²) >= 11 is 1.39. The molecule has 0 amide bonds. The lowest BCUT2D eigenvalue weighted by Gasteiger charge is -2.10. The minimum absolute atomic E-state index is 0.0173. The molecule has 2 aromatic rings. The number of nitrogens with one attached hydrogen (secondary N) is 1. The second-order valence-corrected chi connectivity index (χ2v) is 6.37. The Bertz CT molecular complexity index is 632. The van der Waals surface area contributed by atoms with Gasteiger partial charge >= 0.3 is 0 Å². The summed E-state index contributed by atoms with van der Waals surface area (Å²) in [7, 11) is -2.08. The van der Waals surface area contributed by atoms with Gasteiger partial charge in [-0.2, -0.15) is 5.10 Å². The Morgan fingerprint density at radius 3 is 2.78 bits per heavy atom. The molecule has 0 aliphatic heterocycles. The standard InChI is InChI=1S/C9H13N5O2S2/c1-6(9-11-3-4-17-9)13-18(15,16)7-5-14(2)12-8(7)10/h3-6,13H,1-2H3,(H2,10,12). The maximum atomic E-state index is 12.1. The van der Waals surface area contributed by atoms with Crippen LogP contribution in [-0.4, -0.2) is 23.2 Å². The minimum Gasteiger partial charge on any atom is -0.381 e. The normalized spacial score (nSPS) is 13.7. The Kier molecular flexibility index (Phi) is 3.37. The largest absolute Gasteiger partial charge is 0.381 e. The van der Waals surface area contributed by atoms with Crippen LogP contribution < -0.4 is 10.5 Å². The number of hydrogen-bond acceptors (Lipinski definition) is 6. The van der Waals surface area contributed by atoms with Crippen LogP contribution in [-0.2, 0) is 17.1 Å². The predicted molar refractivity (Wildman–Crippen MR) is 68.5 cm³/mol. The van der Waals surface area contributed by atoms with Crippen molar-refractivity contribution in [3.05, 3.63) is 22.8 Å². The van der Waals surface area contributed by atoms with Gasteiger partial charge in [0.25, 0.3) is 0 Å². The fraction of sp³-hybridized carbons (Fsp3) is 0.333. The first kappa shape index (κ1) is 13.0. The van der Waals surface area contributed by atoms with Gasteiger partial charge in [-0.3, -0.25) is 4.68 Å². The summed E-state index contributed by atoms with van der Waals surface area (Å²) in [6.45, 7) is 1.73. The highest BCUT2D eigenvalue weighted by Gasteiger charge is 2.24. The molecule has 18 heavy (non-hydrogen) atoms. The molecule has 0 aliphatic rings. The topological polar surface area (TPSA) is 103 Å². The van der Waals surface area contributed by atoms with Crippen molar-refractivity contribution in [1.82, 2.24) is 19.5 Å². The number of nitrogen functional groups attached to an aromatic ring is 1. The molecule has 2 heterocycles. The number of rotatable bonds is 4. The van der Waals surface area contributed by atoms with E-state index in [-0.39, 0.29) is 10.7 Å². The van der Waals surface area contributed by atoms with Gasteiger partial charge in [-0.1, -0.05) is 0 Å². The average molecular weight is 287 g/mol. The summed E-state index contributed by atoms with van der Waals surface area (Å²) < 4.78 is 28.1. The average Bonchev–Trinajstić information content (AvgIpc) is 2.86. The molecule has 0 aromatic carbocycles. The van der Waals surface area contributed by atoms with Crippen molar-refractivity contribution >= 4 is 27.2 Å². The van der Waals surface area contributed by atoms with Crippen LogP contribution >= 0.6 is 11.3 Å². The first-order chi connectivity index (χ1) is 8.40. The maximum Gasteiger partial charge on any atom is 0.246 e. The van der Waals surface area contributed by atoms with E-state index in [0.29, 0.717) is 5.01 Å². The van der Waals surface area contributed by atoms with Crippen molar-refractivity contribution in [2.45, 2.75) is 17.9 Å². The van der Waals surface area contributed by atoms with Gasteiger partial charge in [0.15, 0.2) is 5.82 Å². The molecule has 0 saturated carbocycles. The summed E-state index contributed by atoms with van der Waals surface area (Å²) in [4.78, 5) is 4.04. The summed E-state index contributed by atoms with van der Waals surface area (Å²) in [6.07, 6.45) is 3.00. The molecule has 2 aromatic heterocycles. The Labute approximate surface area is 109 Å². The van der Waals surface area contributed by atoms with Crippen molar-refractivity contribution < 1.29 is 8.42 Å². The Hall–Kier alpha value is -1.45.